The van der Waals surface area contributed by atoms with E-state index in [4.69, 9.17) is 19.2 Å². The van der Waals surface area contributed by atoms with Crippen molar-refractivity contribution < 1.29 is 14.2 Å². The SMILES string of the molecule is CCNC(=NCc1ccc(C)cc1OC1CCCC1)NCCOCCOC.I. The van der Waals surface area contributed by atoms with Gasteiger partial charge in [-0.15, -0.1) is 24.0 Å². The Bertz CT molecular complexity index is 578. The summed E-state index contributed by atoms with van der Waals surface area (Å²) < 4.78 is 16.7. The molecule has 0 heterocycles. The van der Waals surface area contributed by atoms with E-state index in [1.54, 1.807) is 7.11 Å². The molecule has 2 N–H and O–H groups in total. The third-order valence-electron chi connectivity index (χ3n) is 4.54. The molecule has 1 fully saturated rings. The van der Waals surface area contributed by atoms with E-state index in [-0.39, 0.29) is 24.0 Å². The first kappa shape index (κ1) is 25.0. The summed E-state index contributed by atoms with van der Waals surface area (Å²) in [4.78, 5) is 4.72. The molecule has 1 aromatic carbocycles. The Morgan fingerprint density at radius 2 is 1.93 bits per heavy atom. The number of nitrogens with one attached hydrogen (secondary N) is 2. The van der Waals surface area contributed by atoms with Crippen molar-refractivity contribution in [1.82, 2.24) is 10.6 Å². The molecule has 1 aliphatic rings. The summed E-state index contributed by atoms with van der Waals surface area (Å²) in [5.74, 6) is 1.77. The van der Waals surface area contributed by atoms with Crippen LogP contribution in [-0.2, 0) is 16.0 Å². The van der Waals surface area contributed by atoms with Gasteiger partial charge in [-0.2, -0.15) is 0 Å². The van der Waals surface area contributed by atoms with Crippen molar-refractivity contribution in [1.29, 1.82) is 0 Å². The summed E-state index contributed by atoms with van der Waals surface area (Å²) in [6, 6.07) is 6.38. The van der Waals surface area contributed by atoms with Crippen LogP contribution in [0.25, 0.3) is 0 Å². The van der Waals surface area contributed by atoms with Crippen molar-refractivity contribution in [2.45, 2.75) is 52.2 Å². The van der Waals surface area contributed by atoms with Gasteiger partial charge in [-0.1, -0.05) is 12.1 Å². The van der Waals surface area contributed by atoms with Crippen LogP contribution in [0.1, 0.15) is 43.7 Å². The van der Waals surface area contributed by atoms with Crippen LogP contribution in [-0.4, -0.2) is 52.1 Å². The molecule has 1 aliphatic carbocycles. The average molecular weight is 505 g/mol. The van der Waals surface area contributed by atoms with Gasteiger partial charge in [-0.05, 0) is 51.2 Å². The molecule has 0 saturated heterocycles. The number of guanidine groups is 1. The van der Waals surface area contributed by atoms with E-state index < -0.39 is 0 Å². The van der Waals surface area contributed by atoms with Crippen LogP contribution in [0, 0.1) is 6.92 Å². The maximum Gasteiger partial charge on any atom is 0.191 e. The highest BCUT2D eigenvalue weighted by Crippen LogP contribution is 2.28. The van der Waals surface area contributed by atoms with Crippen molar-refractivity contribution in [3.8, 4) is 5.75 Å². The van der Waals surface area contributed by atoms with Crippen LogP contribution in [0.15, 0.2) is 23.2 Å². The highest BCUT2D eigenvalue weighted by molar-refractivity contribution is 14.0. The zero-order valence-electron chi connectivity index (χ0n) is 17.5. The number of ether oxygens (including phenoxy) is 3. The molecule has 2 rings (SSSR count). The predicted octanol–water partition coefficient (Wildman–Crippen LogP) is 3.65. The first-order chi connectivity index (χ1) is 13.2. The Morgan fingerprint density at radius 3 is 2.64 bits per heavy atom. The summed E-state index contributed by atoms with van der Waals surface area (Å²) in [7, 11) is 1.67. The minimum atomic E-state index is 0. The first-order valence-electron chi connectivity index (χ1n) is 10.1. The lowest BCUT2D eigenvalue weighted by molar-refractivity contribution is 0.0733. The molecule has 0 radical (unpaired) electrons. The quantitative estimate of drug-likeness (QED) is 0.208. The van der Waals surface area contributed by atoms with Gasteiger partial charge in [0.2, 0.25) is 0 Å². The lowest BCUT2D eigenvalue weighted by Gasteiger charge is -2.17. The van der Waals surface area contributed by atoms with Crippen LogP contribution < -0.4 is 15.4 Å². The second kappa shape index (κ2) is 14.9. The van der Waals surface area contributed by atoms with Gasteiger partial charge in [0.15, 0.2) is 5.96 Å². The fraction of sp³-hybridized carbons (Fsp3) is 0.667. The lowest BCUT2D eigenvalue weighted by atomic mass is 10.1. The Labute approximate surface area is 186 Å². The molecule has 7 heteroatoms. The lowest BCUT2D eigenvalue weighted by Crippen LogP contribution is -2.39. The number of methoxy groups -OCH3 is 1. The molecule has 28 heavy (non-hydrogen) atoms. The van der Waals surface area contributed by atoms with Crippen molar-refractivity contribution in [2.75, 3.05) is 40.0 Å². The molecule has 0 aromatic heterocycles. The van der Waals surface area contributed by atoms with Crippen molar-refractivity contribution in [2.24, 2.45) is 4.99 Å². The van der Waals surface area contributed by atoms with E-state index in [1.807, 2.05) is 0 Å². The van der Waals surface area contributed by atoms with Crippen LogP contribution in [0.2, 0.25) is 0 Å². The number of hydrogen-bond donors (Lipinski definition) is 2. The Balaban J connectivity index is 0.00000392. The molecule has 0 atom stereocenters. The standard InChI is InChI=1S/C21H35N3O3.HI/c1-4-22-21(23-11-12-26-14-13-25-3)24-16-18-10-9-17(2)15-20(18)27-19-7-5-6-8-19;/h9-10,15,19H,4-8,11-14,16H2,1-3H3,(H2,22,23,24);1H. The highest BCUT2D eigenvalue weighted by atomic mass is 127. The summed E-state index contributed by atoms with van der Waals surface area (Å²) >= 11 is 0. The summed E-state index contributed by atoms with van der Waals surface area (Å²) in [5, 5.41) is 6.58. The van der Waals surface area contributed by atoms with Gasteiger partial charge in [0.25, 0.3) is 0 Å². The van der Waals surface area contributed by atoms with Gasteiger partial charge in [0.1, 0.15) is 5.75 Å². The maximum absolute atomic E-state index is 6.27. The zero-order chi connectivity index (χ0) is 19.3. The molecule has 0 amide bonds. The monoisotopic (exact) mass is 505 g/mol. The molecular formula is C21H36IN3O3. The molecule has 6 nitrogen and oxygen atoms in total. The Morgan fingerprint density at radius 1 is 1.14 bits per heavy atom. The molecule has 0 spiro atoms. The van der Waals surface area contributed by atoms with Crippen molar-refractivity contribution in [3.63, 3.8) is 0 Å². The van der Waals surface area contributed by atoms with Gasteiger partial charge in [-0.25, -0.2) is 4.99 Å². The Hall–Kier alpha value is -1.06. The van der Waals surface area contributed by atoms with Crippen LogP contribution in [0.3, 0.4) is 0 Å². The number of hydrogen-bond acceptors (Lipinski definition) is 4. The van der Waals surface area contributed by atoms with Crippen LogP contribution in [0.4, 0.5) is 0 Å². The van der Waals surface area contributed by atoms with Gasteiger partial charge < -0.3 is 24.8 Å². The highest BCUT2D eigenvalue weighted by Gasteiger charge is 2.18. The molecule has 1 saturated carbocycles. The normalized spacial score (nSPS) is 14.6. The second-order valence-corrected chi connectivity index (χ2v) is 6.86. The van der Waals surface area contributed by atoms with Gasteiger partial charge in [-0.3, -0.25) is 0 Å². The maximum atomic E-state index is 6.27. The summed E-state index contributed by atoms with van der Waals surface area (Å²) in [6.45, 7) is 8.11. The number of halogens is 1. The van der Waals surface area contributed by atoms with E-state index in [1.165, 1.54) is 18.4 Å². The Kier molecular flexibility index (Phi) is 13.3. The number of aryl methyl sites for hydroxylation is 1. The smallest absolute Gasteiger partial charge is 0.191 e. The predicted molar refractivity (Wildman–Crippen MR) is 125 cm³/mol. The number of nitrogens with zero attached hydrogens (tertiary/aromatic N) is 1. The third-order valence-corrected chi connectivity index (χ3v) is 4.54. The van der Waals surface area contributed by atoms with Gasteiger partial charge >= 0.3 is 0 Å². The fourth-order valence-electron chi connectivity index (χ4n) is 3.08. The van der Waals surface area contributed by atoms with Gasteiger partial charge in [0, 0.05) is 25.8 Å². The minimum absolute atomic E-state index is 0. The molecule has 0 unspecified atom stereocenters. The first-order valence-corrected chi connectivity index (χ1v) is 10.1. The minimum Gasteiger partial charge on any atom is -0.490 e. The summed E-state index contributed by atoms with van der Waals surface area (Å²) in [6.07, 6.45) is 5.20. The molecule has 0 aliphatic heterocycles. The fourth-order valence-corrected chi connectivity index (χ4v) is 3.08. The number of aliphatic imine (C=N–C) groups is 1. The van der Waals surface area contributed by atoms with Crippen LogP contribution >= 0.6 is 24.0 Å². The summed E-state index contributed by atoms with van der Waals surface area (Å²) in [5.41, 5.74) is 2.34. The second-order valence-electron chi connectivity index (χ2n) is 6.86. The van der Waals surface area contributed by atoms with E-state index in [0.717, 1.165) is 36.7 Å². The number of benzene rings is 1. The van der Waals surface area contributed by atoms with Crippen molar-refractivity contribution in [3.05, 3.63) is 29.3 Å². The zero-order valence-corrected chi connectivity index (χ0v) is 19.8. The molecular weight excluding hydrogens is 469 g/mol. The van der Waals surface area contributed by atoms with E-state index in [2.05, 4.69) is 42.7 Å². The molecule has 160 valence electrons. The van der Waals surface area contributed by atoms with Gasteiger partial charge in [0.05, 0.1) is 32.5 Å². The number of rotatable bonds is 11. The molecule has 0 bridgehead atoms. The topological polar surface area (TPSA) is 64.1 Å². The van der Waals surface area contributed by atoms with E-state index >= 15 is 0 Å². The van der Waals surface area contributed by atoms with E-state index in [9.17, 15) is 0 Å². The average Bonchev–Trinajstić information content (AvgIpc) is 3.16. The third kappa shape index (κ3) is 9.43. The van der Waals surface area contributed by atoms with Crippen LogP contribution in [0.5, 0.6) is 5.75 Å². The largest absolute Gasteiger partial charge is 0.490 e. The van der Waals surface area contributed by atoms with Crippen molar-refractivity contribution >= 4 is 29.9 Å². The van der Waals surface area contributed by atoms with E-state index in [0.29, 0.717) is 39.0 Å². The molecule has 1 aromatic rings.